The number of amides is 2. The summed E-state index contributed by atoms with van der Waals surface area (Å²) in [5.74, 6) is 0. The molecule has 2 N–H and O–H groups in total. The summed E-state index contributed by atoms with van der Waals surface area (Å²) in [6.45, 7) is 0. The van der Waals surface area contributed by atoms with Crippen LogP contribution in [0.3, 0.4) is 0 Å². The molecular formula is C5H6ClN3O. The van der Waals surface area contributed by atoms with Crippen LogP contribution in [-0.4, -0.2) is 22.8 Å². The van der Waals surface area contributed by atoms with Gasteiger partial charge in [0, 0.05) is 12.4 Å². The predicted octanol–water partition coefficient (Wildman–Crippen LogP) is 0.488. The number of aliphatic imine (C=N–C) groups is 1. The SMILES string of the molecule is NC(=O)N1C=CC=NC1Cl. The van der Waals surface area contributed by atoms with Gasteiger partial charge < -0.3 is 5.73 Å². The van der Waals surface area contributed by atoms with E-state index in [4.69, 9.17) is 17.3 Å². The maximum absolute atomic E-state index is 10.5. The van der Waals surface area contributed by atoms with Crippen LogP contribution in [0.4, 0.5) is 4.79 Å². The lowest BCUT2D eigenvalue weighted by Crippen LogP contribution is -2.37. The van der Waals surface area contributed by atoms with Crippen LogP contribution < -0.4 is 5.73 Å². The molecule has 0 radical (unpaired) electrons. The minimum absolute atomic E-state index is 0.604. The van der Waals surface area contributed by atoms with Gasteiger partial charge >= 0.3 is 6.03 Å². The Hall–Kier alpha value is -1.03. The fourth-order valence-electron chi connectivity index (χ4n) is 0.573. The van der Waals surface area contributed by atoms with Gasteiger partial charge in [-0.3, -0.25) is 9.89 Å². The van der Waals surface area contributed by atoms with Gasteiger partial charge in [-0.1, -0.05) is 11.6 Å². The first-order chi connectivity index (χ1) is 4.72. The normalized spacial score (nSPS) is 23.3. The van der Waals surface area contributed by atoms with Crippen LogP contribution in [0.15, 0.2) is 17.3 Å². The van der Waals surface area contributed by atoms with Crippen LogP contribution >= 0.6 is 11.6 Å². The van der Waals surface area contributed by atoms with Gasteiger partial charge in [0.05, 0.1) is 0 Å². The lowest BCUT2D eigenvalue weighted by molar-refractivity contribution is 0.221. The molecule has 2 amide bonds. The molecule has 1 atom stereocenters. The van der Waals surface area contributed by atoms with Crippen LogP contribution in [-0.2, 0) is 0 Å². The summed E-state index contributed by atoms with van der Waals surface area (Å²) in [6.07, 6.45) is 4.58. The molecule has 10 heavy (non-hydrogen) atoms. The molecule has 5 heteroatoms. The Bertz CT molecular complexity index is 201. The van der Waals surface area contributed by atoms with Crippen molar-refractivity contribution in [3.63, 3.8) is 0 Å². The van der Waals surface area contributed by atoms with Crippen molar-refractivity contribution in [3.05, 3.63) is 12.3 Å². The quantitative estimate of drug-likeness (QED) is 0.406. The second-order valence-corrected chi connectivity index (χ2v) is 2.09. The van der Waals surface area contributed by atoms with Gasteiger partial charge in [-0.15, -0.1) is 0 Å². The maximum atomic E-state index is 10.5. The first kappa shape index (κ1) is 7.08. The number of primary amides is 1. The minimum Gasteiger partial charge on any atom is -0.351 e. The van der Waals surface area contributed by atoms with Gasteiger partial charge in [-0.25, -0.2) is 4.79 Å². The number of nitrogens with zero attached hydrogens (tertiary/aromatic N) is 2. The van der Waals surface area contributed by atoms with Crippen molar-refractivity contribution in [2.45, 2.75) is 5.62 Å². The molecule has 1 heterocycles. The number of nitrogens with two attached hydrogens (primary N) is 1. The van der Waals surface area contributed by atoms with Gasteiger partial charge in [0.15, 0.2) is 0 Å². The summed E-state index contributed by atoms with van der Waals surface area (Å²) in [5.41, 5.74) is 4.24. The van der Waals surface area contributed by atoms with Crippen LogP contribution in [0.5, 0.6) is 0 Å². The fraction of sp³-hybridized carbons (Fsp3) is 0.200. The first-order valence-corrected chi connectivity index (χ1v) is 3.07. The third-order valence-electron chi connectivity index (χ3n) is 1.03. The monoisotopic (exact) mass is 159 g/mol. The summed E-state index contributed by atoms with van der Waals surface area (Å²) in [7, 11) is 0. The maximum Gasteiger partial charge on any atom is 0.321 e. The summed E-state index contributed by atoms with van der Waals surface area (Å²) < 4.78 is 0. The molecular weight excluding hydrogens is 154 g/mol. The van der Waals surface area contributed by atoms with E-state index in [0.29, 0.717) is 0 Å². The number of halogens is 1. The topological polar surface area (TPSA) is 58.7 Å². The van der Waals surface area contributed by atoms with Gasteiger partial charge in [0.25, 0.3) is 0 Å². The number of carbonyl (C=O) groups is 1. The summed E-state index contributed by atoms with van der Waals surface area (Å²) in [5, 5.41) is 0. The van der Waals surface area contributed by atoms with Crippen molar-refractivity contribution >= 4 is 23.8 Å². The number of hydrogen-bond acceptors (Lipinski definition) is 2. The van der Waals surface area contributed by atoms with E-state index >= 15 is 0 Å². The fourth-order valence-corrected chi connectivity index (χ4v) is 0.800. The molecule has 0 saturated carbocycles. The highest BCUT2D eigenvalue weighted by atomic mass is 35.5. The highest BCUT2D eigenvalue weighted by molar-refractivity contribution is 6.21. The third kappa shape index (κ3) is 1.27. The van der Waals surface area contributed by atoms with Crippen molar-refractivity contribution < 1.29 is 4.79 Å². The van der Waals surface area contributed by atoms with E-state index in [0.717, 1.165) is 4.90 Å². The molecule has 0 aliphatic carbocycles. The van der Waals surface area contributed by atoms with Crippen molar-refractivity contribution in [2.75, 3.05) is 0 Å². The molecule has 0 spiro atoms. The van der Waals surface area contributed by atoms with E-state index in [2.05, 4.69) is 4.99 Å². The van der Waals surface area contributed by atoms with E-state index < -0.39 is 11.7 Å². The predicted molar refractivity (Wildman–Crippen MR) is 38.7 cm³/mol. The van der Waals surface area contributed by atoms with Crippen molar-refractivity contribution in [1.82, 2.24) is 4.90 Å². The lowest BCUT2D eigenvalue weighted by Gasteiger charge is -2.19. The highest BCUT2D eigenvalue weighted by Crippen LogP contribution is 2.08. The molecule has 1 unspecified atom stereocenters. The second-order valence-electron chi connectivity index (χ2n) is 1.70. The molecule has 1 rings (SSSR count). The van der Waals surface area contributed by atoms with Crippen LogP contribution in [0.2, 0.25) is 0 Å². The standard InChI is InChI=1S/C5H6ClN3O/c6-4-8-2-1-3-9(4)5(7)10/h1-4H,(H2,7,10). The number of allylic oxidation sites excluding steroid dienone is 1. The third-order valence-corrected chi connectivity index (χ3v) is 1.35. The molecule has 1 aliphatic rings. The first-order valence-electron chi connectivity index (χ1n) is 2.63. The Labute approximate surface area is 63.0 Å². The van der Waals surface area contributed by atoms with Crippen molar-refractivity contribution in [1.29, 1.82) is 0 Å². The molecule has 0 aromatic heterocycles. The average molecular weight is 160 g/mol. The average Bonchev–Trinajstić information content (AvgIpc) is 1.88. The smallest absolute Gasteiger partial charge is 0.321 e. The molecule has 54 valence electrons. The Morgan fingerprint density at radius 1 is 1.80 bits per heavy atom. The Morgan fingerprint density at radius 3 is 2.90 bits per heavy atom. The Morgan fingerprint density at radius 2 is 2.50 bits per heavy atom. The molecule has 0 fully saturated rings. The van der Waals surface area contributed by atoms with E-state index in [1.807, 2.05) is 0 Å². The molecule has 0 aromatic carbocycles. The summed E-state index contributed by atoms with van der Waals surface area (Å²) in [4.78, 5) is 15.3. The number of rotatable bonds is 0. The zero-order valence-corrected chi connectivity index (χ0v) is 5.82. The highest BCUT2D eigenvalue weighted by Gasteiger charge is 2.16. The molecule has 1 aliphatic heterocycles. The molecule has 0 bridgehead atoms. The van der Waals surface area contributed by atoms with Gasteiger partial charge in [-0.2, -0.15) is 0 Å². The summed E-state index contributed by atoms with van der Waals surface area (Å²) >= 11 is 5.55. The van der Waals surface area contributed by atoms with E-state index in [1.54, 1.807) is 6.08 Å². The molecule has 0 saturated heterocycles. The largest absolute Gasteiger partial charge is 0.351 e. The van der Waals surface area contributed by atoms with E-state index in [-0.39, 0.29) is 0 Å². The zero-order chi connectivity index (χ0) is 7.56. The second kappa shape index (κ2) is 2.70. The Kier molecular flexibility index (Phi) is 1.91. The molecule has 4 nitrogen and oxygen atoms in total. The van der Waals surface area contributed by atoms with Crippen LogP contribution in [0, 0.1) is 0 Å². The summed E-state index contributed by atoms with van der Waals surface area (Å²) in [6, 6.07) is -0.604. The number of carbonyl (C=O) groups excluding carboxylic acids is 1. The van der Waals surface area contributed by atoms with E-state index in [9.17, 15) is 4.79 Å². The molecule has 0 aromatic rings. The minimum atomic E-state index is -0.692. The van der Waals surface area contributed by atoms with Gasteiger partial charge in [0.1, 0.15) is 0 Å². The van der Waals surface area contributed by atoms with Gasteiger partial charge in [-0.05, 0) is 6.08 Å². The van der Waals surface area contributed by atoms with E-state index in [1.165, 1.54) is 12.4 Å². The lowest BCUT2D eigenvalue weighted by atomic mass is 10.5. The van der Waals surface area contributed by atoms with Crippen molar-refractivity contribution in [3.8, 4) is 0 Å². The van der Waals surface area contributed by atoms with Crippen molar-refractivity contribution in [2.24, 2.45) is 10.7 Å². The Balaban J connectivity index is 2.70. The number of hydrogen-bond donors (Lipinski definition) is 1. The number of urea groups is 1. The van der Waals surface area contributed by atoms with Gasteiger partial charge in [0.2, 0.25) is 5.62 Å². The zero-order valence-electron chi connectivity index (χ0n) is 5.07. The van der Waals surface area contributed by atoms with Crippen LogP contribution in [0.1, 0.15) is 0 Å². The number of alkyl halides is 1. The van der Waals surface area contributed by atoms with Crippen LogP contribution in [0.25, 0.3) is 0 Å².